The van der Waals surface area contributed by atoms with Gasteiger partial charge in [0.15, 0.2) is 0 Å². The lowest BCUT2D eigenvalue weighted by Gasteiger charge is -2.20. The zero-order chi connectivity index (χ0) is 12.0. The molecule has 4 nitrogen and oxygen atoms in total. The van der Waals surface area contributed by atoms with Crippen molar-refractivity contribution in [2.75, 3.05) is 20.6 Å². The number of carbonyl (C=O) groups excluding carboxylic acids is 2. The number of hydrogen-bond acceptors (Lipinski definition) is 2. The summed E-state index contributed by atoms with van der Waals surface area (Å²) in [4.78, 5) is 23.8. The molecule has 0 atom stereocenters. The highest BCUT2D eigenvalue weighted by atomic mass is 16.2. The van der Waals surface area contributed by atoms with Gasteiger partial charge in [0, 0.05) is 33.5 Å². The van der Waals surface area contributed by atoms with Gasteiger partial charge in [-0.25, -0.2) is 4.79 Å². The molecule has 0 spiro atoms. The van der Waals surface area contributed by atoms with Crippen LogP contribution in [0.5, 0.6) is 0 Å². The second-order valence-corrected chi connectivity index (χ2v) is 4.75. The van der Waals surface area contributed by atoms with Gasteiger partial charge in [-0.15, -0.1) is 0 Å². The molecule has 1 rings (SSSR count). The second-order valence-electron chi connectivity index (χ2n) is 4.75. The predicted molar refractivity (Wildman–Crippen MR) is 63.3 cm³/mol. The van der Waals surface area contributed by atoms with Crippen molar-refractivity contribution in [3.8, 4) is 0 Å². The molecular formula is C12H22N2O2. The highest BCUT2D eigenvalue weighted by molar-refractivity contribution is 5.79. The van der Waals surface area contributed by atoms with E-state index >= 15 is 0 Å². The summed E-state index contributed by atoms with van der Waals surface area (Å²) in [6.07, 6.45) is 5.74. The van der Waals surface area contributed by atoms with E-state index in [0.717, 1.165) is 45.1 Å². The van der Waals surface area contributed by atoms with Crippen molar-refractivity contribution in [1.82, 2.24) is 10.2 Å². The molecule has 0 bridgehead atoms. The summed E-state index contributed by atoms with van der Waals surface area (Å²) in [7, 11) is 3.48. The van der Waals surface area contributed by atoms with Gasteiger partial charge in [0.2, 0.25) is 0 Å². The van der Waals surface area contributed by atoms with Gasteiger partial charge in [-0.3, -0.25) is 4.79 Å². The molecule has 16 heavy (non-hydrogen) atoms. The molecule has 1 aliphatic carbocycles. The first kappa shape index (κ1) is 13.0. The van der Waals surface area contributed by atoms with Gasteiger partial charge in [0.25, 0.3) is 0 Å². The largest absolute Gasteiger partial charge is 0.338 e. The molecule has 1 aliphatic rings. The fraction of sp³-hybridized carbons (Fsp3) is 0.833. The van der Waals surface area contributed by atoms with Crippen LogP contribution in [0.2, 0.25) is 0 Å². The molecule has 92 valence electrons. The first-order chi connectivity index (χ1) is 7.59. The highest BCUT2D eigenvalue weighted by Gasteiger charge is 2.17. The number of ketones is 1. The van der Waals surface area contributed by atoms with E-state index in [2.05, 4.69) is 5.32 Å². The number of urea groups is 1. The average Bonchev–Trinajstić information content (AvgIpc) is 2.26. The topological polar surface area (TPSA) is 49.4 Å². The number of nitrogens with zero attached hydrogens (tertiary/aromatic N) is 1. The van der Waals surface area contributed by atoms with Crippen LogP contribution in [-0.2, 0) is 4.79 Å². The van der Waals surface area contributed by atoms with Crippen molar-refractivity contribution < 1.29 is 9.59 Å². The number of rotatable bonds is 4. The Morgan fingerprint density at radius 1 is 1.38 bits per heavy atom. The molecule has 1 saturated carbocycles. The molecule has 0 saturated heterocycles. The van der Waals surface area contributed by atoms with Gasteiger partial charge < -0.3 is 10.2 Å². The minimum Gasteiger partial charge on any atom is -0.338 e. The van der Waals surface area contributed by atoms with Gasteiger partial charge in [-0.05, 0) is 31.6 Å². The maximum absolute atomic E-state index is 11.2. The Morgan fingerprint density at radius 3 is 2.56 bits per heavy atom. The SMILES string of the molecule is CN(C)C(=O)NCCCC1CCC(=O)CC1. The number of carbonyl (C=O) groups is 2. The van der Waals surface area contributed by atoms with Crippen LogP contribution in [0, 0.1) is 5.92 Å². The van der Waals surface area contributed by atoms with Crippen LogP contribution in [-0.4, -0.2) is 37.4 Å². The predicted octanol–water partition coefficient (Wildman–Crippen LogP) is 1.80. The summed E-state index contributed by atoms with van der Waals surface area (Å²) in [5.74, 6) is 1.10. The zero-order valence-corrected chi connectivity index (χ0v) is 10.3. The van der Waals surface area contributed by atoms with E-state index in [0.29, 0.717) is 11.7 Å². The van der Waals surface area contributed by atoms with Gasteiger partial charge >= 0.3 is 6.03 Å². The molecule has 0 aromatic carbocycles. The van der Waals surface area contributed by atoms with Crippen molar-refractivity contribution in [2.24, 2.45) is 5.92 Å². The maximum atomic E-state index is 11.2. The molecule has 1 N–H and O–H groups in total. The van der Waals surface area contributed by atoms with Gasteiger partial charge in [-0.2, -0.15) is 0 Å². The van der Waals surface area contributed by atoms with Crippen molar-refractivity contribution in [3.63, 3.8) is 0 Å². The Hall–Kier alpha value is -1.06. The van der Waals surface area contributed by atoms with E-state index in [-0.39, 0.29) is 6.03 Å². The van der Waals surface area contributed by atoms with Gasteiger partial charge in [0.05, 0.1) is 0 Å². The summed E-state index contributed by atoms with van der Waals surface area (Å²) in [6, 6.07) is -0.0289. The normalized spacial score (nSPS) is 17.2. The summed E-state index contributed by atoms with van der Waals surface area (Å²) >= 11 is 0. The first-order valence-corrected chi connectivity index (χ1v) is 6.06. The van der Waals surface area contributed by atoms with Crippen LogP contribution in [0.15, 0.2) is 0 Å². The fourth-order valence-corrected chi connectivity index (χ4v) is 2.03. The third-order valence-corrected chi connectivity index (χ3v) is 3.13. The third kappa shape index (κ3) is 4.64. The van der Waals surface area contributed by atoms with Crippen molar-refractivity contribution in [3.05, 3.63) is 0 Å². The van der Waals surface area contributed by atoms with Crippen molar-refractivity contribution in [2.45, 2.75) is 38.5 Å². The summed E-state index contributed by atoms with van der Waals surface area (Å²) < 4.78 is 0. The molecule has 1 fully saturated rings. The van der Waals surface area contributed by atoms with E-state index in [1.54, 1.807) is 19.0 Å². The molecule has 0 aliphatic heterocycles. The third-order valence-electron chi connectivity index (χ3n) is 3.13. The second kappa shape index (κ2) is 6.51. The lowest BCUT2D eigenvalue weighted by atomic mass is 9.85. The molecule has 0 heterocycles. The van der Waals surface area contributed by atoms with E-state index < -0.39 is 0 Å². The van der Waals surface area contributed by atoms with E-state index in [9.17, 15) is 9.59 Å². The van der Waals surface area contributed by atoms with E-state index in [1.165, 1.54) is 0 Å². The molecule has 2 amide bonds. The minimum absolute atomic E-state index is 0.0289. The number of nitrogens with one attached hydrogen (secondary N) is 1. The van der Waals surface area contributed by atoms with E-state index in [1.807, 2.05) is 0 Å². The van der Waals surface area contributed by atoms with Crippen molar-refractivity contribution in [1.29, 1.82) is 0 Å². The van der Waals surface area contributed by atoms with Gasteiger partial charge in [-0.1, -0.05) is 0 Å². The number of Topliss-reactive ketones (excluding diaryl/α,β-unsaturated/α-hetero) is 1. The standard InChI is InChI=1S/C12H22N2O2/c1-14(2)12(16)13-9-3-4-10-5-7-11(15)8-6-10/h10H,3-9H2,1-2H3,(H,13,16). The molecular weight excluding hydrogens is 204 g/mol. The quantitative estimate of drug-likeness (QED) is 0.743. The summed E-state index contributed by atoms with van der Waals surface area (Å²) in [5.41, 5.74) is 0. The van der Waals surface area contributed by atoms with Crippen LogP contribution in [0.3, 0.4) is 0 Å². The summed E-state index contributed by atoms with van der Waals surface area (Å²) in [5, 5.41) is 2.85. The summed E-state index contributed by atoms with van der Waals surface area (Å²) in [6.45, 7) is 0.738. The lowest BCUT2D eigenvalue weighted by molar-refractivity contribution is -0.121. The smallest absolute Gasteiger partial charge is 0.316 e. The fourth-order valence-electron chi connectivity index (χ4n) is 2.03. The van der Waals surface area contributed by atoms with Crippen molar-refractivity contribution >= 4 is 11.8 Å². The van der Waals surface area contributed by atoms with Gasteiger partial charge in [0.1, 0.15) is 5.78 Å². The Balaban J connectivity index is 2.03. The number of amides is 2. The van der Waals surface area contributed by atoms with Crippen LogP contribution in [0.1, 0.15) is 38.5 Å². The minimum atomic E-state index is -0.0289. The Kier molecular flexibility index (Phi) is 5.29. The van der Waals surface area contributed by atoms with Crippen LogP contribution >= 0.6 is 0 Å². The van der Waals surface area contributed by atoms with Crippen LogP contribution < -0.4 is 5.32 Å². The Labute approximate surface area is 97.4 Å². The van der Waals surface area contributed by atoms with Crippen LogP contribution in [0.4, 0.5) is 4.79 Å². The molecule has 0 radical (unpaired) electrons. The highest BCUT2D eigenvalue weighted by Crippen LogP contribution is 2.25. The van der Waals surface area contributed by atoms with E-state index in [4.69, 9.17) is 0 Å². The molecule has 0 aromatic rings. The Bertz CT molecular complexity index is 241. The number of hydrogen-bond donors (Lipinski definition) is 1. The zero-order valence-electron chi connectivity index (χ0n) is 10.3. The molecule has 4 heteroatoms. The maximum Gasteiger partial charge on any atom is 0.316 e. The monoisotopic (exact) mass is 226 g/mol. The Morgan fingerprint density at radius 2 is 2.00 bits per heavy atom. The lowest BCUT2D eigenvalue weighted by Crippen LogP contribution is -2.35. The van der Waals surface area contributed by atoms with Crippen LogP contribution in [0.25, 0.3) is 0 Å². The first-order valence-electron chi connectivity index (χ1n) is 6.06. The molecule has 0 unspecified atom stereocenters. The molecule has 0 aromatic heterocycles. The average molecular weight is 226 g/mol.